The molecule has 0 bridgehead atoms. The number of nitrogens with two attached hydrogens (primary N) is 1. The number of fused-ring (bicyclic) bond motifs is 1. The molecule has 1 heterocycles. The Labute approximate surface area is 119 Å². The van der Waals surface area contributed by atoms with Gasteiger partial charge in [-0.05, 0) is 52.4 Å². The van der Waals surface area contributed by atoms with E-state index in [1.54, 1.807) is 6.07 Å². The van der Waals surface area contributed by atoms with Crippen LogP contribution in [0.1, 0.15) is 26.7 Å². The molecule has 1 aromatic carbocycles. The number of benzene rings is 1. The largest absolute Gasteiger partial charge is 0.369 e. The zero-order valence-electron chi connectivity index (χ0n) is 12.4. The van der Waals surface area contributed by atoms with Gasteiger partial charge in [0.2, 0.25) is 5.95 Å². The summed E-state index contributed by atoms with van der Waals surface area (Å²) >= 11 is 0. The van der Waals surface area contributed by atoms with Crippen molar-refractivity contribution in [2.45, 2.75) is 39.3 Å². The van der Waals surface area contributed by atoms with Gasteiger partial charge in [-0.3, -0.25) is 0 Å². The second kappa shape index (κ2) is 6.22. The lowest BCUT2D eigenvalue weighted by Crippen LogP contribution is -2.27. The molecule has 0 saturated carbocycles. The summed E-state index contributed by atoms with van der Waals surface area (Å²) < 4.78 is 15.5. The molecule has 110 valence electrons. The lowest BCUT2D eigenvalue weighted by Gasteiger charge is -2.20. The molecular weight excluding hydrogens is 255 g/mol. The zero-order chi connectivity index (χ0) is 14.7. The van der Waals surface area contributed by atoms with Gasteiger partial charge in [-0.2, -0.15) is 0 Å². The SMILES string of the molecule is CC(C)N(C)CCCCn1c(N)nc2c(F)cccc21. The monoisotopic (exact) mass is 278 g/mol. The molecule has 2 N–H and O–H groups in total. The first-order valence-corrected chi connectivity index (χ1v) is 7.11. The number of rotatable bonds is 6. The maximum Gasteiger partial charge on any atom is 0.201 e. The second-order valence-electron chi connectivity index (χ2n) is 5.51. The van der Waals surface area contributed by atoms with Gasteiger partial charge in [-0.15, -0.1) is 0 Å². The number of nitrogen functional groups attached to an aromatic ring is 1. The van der Waals surface area contributed by atoms with Gasteiger partial charge < -0.3 is 15.2 Å². The Bertz CT molecular complexity index is 577. The summed E-state index contributed by atoms with van der Waals surface area (Å²) in [5.74, 6) is 0.0785. The Hall–Kier alpha value is -1.62. The quantitative estimate of drug-likeness (QED) is 0.826. The van der Waals surface area contributed by atoms with E-state index < -0.39 is 0 Å². The fraction of sp³-hybridized carbons (Fsp3) is 0.533. The van der Waals surface area contributed by atoms with E-state index in [9.17, 15) is 4.39 Å². The summed E-state index contributed by atoms with van der Waals surface area (Å²) in [6, 6.07) is 5.53. The van der Waals surface area contributed by atoms with Crippen LogP contribution in [0.4, 0.5) is 10.3 Å². The van der Waals surface area contributed by atoms with Crippen LogP contribution in [0.25, 0.3) is 11.0 Å². The zero-order valence-corrected chi connectivity index (χ0v) is 12.4. The first kappa shape index (κ1) is 14.8. The van der Waals surface area contributed by atoms with Crippen LogP contribution in [0.3, 0.4) is 0 Å². The number of hydrogen-bond donors (Lipinski definition) is 1. The normalized spacial score (nSPS) is 11.9. The van der Waals surface area contributed by atoms with Gasteiger partial charge in [0.05, 0.1) is 5.52 Å². The van der Waals surface area contributed by atoms with E-state index >= 15 is 0 Å². The van der Waals surface area contributed by atoms with E-state index in [2.05, 4.69) is 30.8 Å². The van der Waals surface area contributed by atoms with Gasteiger partial charge in [0.25, 0.3) is 0 Å². The van der Waals surface area contributed by atoms with Crippen LogP contribution >= 0.6 is 0 Å². The highest BCUT2D eigenvalue weighted by Gasteiger charge is 2.11. The number of nitrogens with zero attached hydrogens (tertiary/aromatic N) is 3. The van der Waals surface area contributed by atoms with Crippen molar-refractivity contribution in [1.82, 2.24) is 14.5 Å². The minimum Gasteiger partial charge on any atom is -0.369 e. The highest BCUT2D eigenvalue weighted by atomic mass is 19.1. The van der Waals surface area contributed by atoms with E-state index in [1.807, 2.05) is 10.6 Å². The van der Waals surface area contributed by atoms with Gasteiger partial charge in [-0.1, -0.05) is 6.07 Å². The molecule has 0 saturated heterocycles. The Balaban J connectivity index is 2.00. The molecule has 0 aliphatic rings. The molecule has 2 rings (SSSR count). The number of imidazole rings is 1. The summed E-state index contributed by atoms with van der Waals surface area (Å²) in [6.07, 6.45) is 2.09. The van der Waals surface area contributed by atoms with Crippen molar-refractivity contribution < 1.29 is 4.39 Å². The van der Waals surface area contributed by atoms with Crippen molar-refractivity contribution in [3.63, 3.8) is 0 Å². The molecule has 0 spiro atoms. The third-order valence-corrected chi connectivity index (χ3v) is 3.78. The molecule has 1 aromatic heterocycles. The fourth-order valence-electron chi connectivity index (χ4n) is 2.26. The molecule has 0 aliphatic carbocycles. The number of hydrogen-bond acceptors (Lipinski definition) is 3. The predicted molar refractivity (Wildman–Crippen MR) is 81.1 cm³/mol. The van der Waals surface area contributed by atoms with Crippen LogP contribution in [0.15, 0.2) is 18.2 Å². The molecule has 20 heavy (non-hydrogen) atoms. The molecule has 0 atom stereocenters. The molecule has 4 nitrogen and oxygen atoms in total. The number of aryl methyl sites for hydroxylation is 1. The lowest BCUT2D eigenvalue weighted by atomic mass is 10.2. The third kappa shape index (κ3) is 3.10. The van der Waals surface area contributed by atoms with Crippen LogP contribution < -0.4 is 5.73 Å². The first-order chi connectivity index (χ1) is 9.50. The van der Waals surface area contributed by atoms with Gasteiger partial charge in [0, 0.05) is 12.6 Å². The first-order valence-electron chi connectivity index (χ1n) is 7.11. The van der Waals surface area contributed by atoms with Gasteiger partial charge >= 0.3 is 0 Å². The predicted octanol–water partition coefficient (Wildman–Crippen LogP) is 2.88. The van der Waals surface area contributed by atoms with Crippen molar-refractivity contribution in [2.75, 3.05) is 19.3 Å². The number of unbranched alkanes of at least 4 members (excludes halogenated alkanes) is 1. The van der Waals surface area contributed by atoms with Gasteiger partial charge in [0.1, 0.15) is 5.52 Å². The van der Waals surface area contributed by atoms with Crippen LogP contribution in [-0.2, 0) is 6.54 Å². The summed E-state index contributed by atoms with van der Waals surface area (Å²) in [4.78, 5) is 6.42. The highest BCUT2D eigenvalue weighted by molar-refractivity contribution is 5.78. The van der Waals surface area contributed by atoms with E-state index in [4.69, 9.17) is 5.73 Å². The van der Waals surface area contributed by atoms with E-state index in [-0.39, 0.29) is 5.82 Å². The van der Waals surface area contributed by atoms with E-state index in [1.165, 1.54) is 6.07 Å². The minimum atomic E-state index is -0.313. The standard InChI is InChI=1S/C15H23FN4/c1-11(2)19(3)9-4-5-10-20-13-8-6-7-12(16)14(13)18-15(20)17/h6-8,11H,4-5,9-10H2,1-3H3,(H2,17,18). The maximum absolute atomic E-state index is 13.6. The van der Waals surface area contributed by atoms with Crippen LogP contribution in [0.2, 0.25) is 0 Å². The molecule has 5 heteroatoms. The average Bonchev–Trinajstić information content (AvgIpc) is 2.72. The van der Waals surface area contributed by atoms with E-state index in [0.717, 1.165) is 31.4 Å². The molecule has 0 radical (unpaired) electrons. The Morgan fingerprint density at radius 1 is 1.35 bits per heavy atom. The summed E-state index contributed by atoms with van der Waals surface area (Å²) in [6.45, 7) is 6.20. The fourth-order valence-corrected chi connectivity index (χ4v) is 2.26. The topological polar surface area (TPSA) is 47.1 Å². The Kier molecular flexibility index (Phi) is 4.60. The summed E-state index contributed by atoms with van der Waals surface area (Å²) in [5, 5.41) is 0. The molecule has 0 unspecified atom stereocenters. The number of halogens is 1. The number of anilines is 1. The molecule has 2 aromatic rings. The van der Waals surface area contributed by atoms with Crippen molar-refractivity contribution in [2.24, 2.45) is 0 Å². The van der Waals surface area contributed by atoms with Crippen molar-refractivity contribution >= 4 is 17.0 Å². The molecular formula is C15H23FN4. The van der Waals surface area contributed by atoms with Crippen LogP contribution in [0, 0.1) is 5.82 Å². The highest BCUT2D eigenvalue weighted by Crippen LogP contribution is 2.21. The van der Waals surface area contributed by atoms with Crippen molar-refractivity contribution in [3.05, 3.63) is 24.0 Å². The molecule has 0 fully saturated rings. The summed E-state index contributed by atoms with van der Waals surface area (Å²) in [5.41, 5.74) is 7.03. The van der Waals surface area contributed by atoms with Gasteiger partial charge in [0.15, 0.2) is 5.82 Å². The molecule has 0 aliphatic heterocycles. The smallest absolute Gasteiger partial charge is 0.201 e. The number of para-hydroxylation sites is 1. The Morgan fingerprint density at radius 3 is 2.80 bits per heavy atom. The van der Waals surface area contributed by atoms with Crippen molar-refractivity contribution in [3.8, 4) is 0 Å². The minimum absolute atomic E-state index is 0.313. The second-order valence-corrected chi connectivity index (χ2v) is 5.51. The lowest BCUT2D eigenvalue weighted by molar-refractivity contribution is 0.266. The summed E-state index contributed by atoms with van der Waals surface area (Å²) in [7, 11) is 2.13. The molecule has 0 amide bonds. The van der Waals surface area contributed by atoms with Crippen LogP contribution in [-0.4, -0.2) is 34.1 Å². The average molecular weight is 278 g/mol. The van der Waals surface area contributed by atoms with Gasteiger partial charge in [-0.25, -0.2) is 9.37 Å². The van der Waals surface area contributed by atoms with E-state index in [0.29, 0.717) is 17.5 Å². The number of aromatic nitrogens is 2. The van der Waals surface area contributed by atoms with Crippen molar-refractivity contribution in [1.29, 1.82) is 0 Å². The third-order valence-electron chi connectivity index (χ3n) is 3.78. The maximum atomic E-state index is 13.6. The Morgan fingerprint density at radius 2 is 2.10 bits per heavy atom. The van der Waals surface area contributed by atoms with Crippen LogP contribution in [0.5, 0.6) is 0 Å².